The molecular formula is C11H22N2O2. The van der Waals surface area contributed by atoms with E-state index in [9.17, 15) is 4.79 Å². The molecule has 1 fully saturated rings. The van der Waals surface area contributed by atoms with Crippen LogP contribution < -0.4 is 10.6 Å². The van der Waals surface area contributed by atoms with E-state index < -0.39 is 0 Å². The molecule has 1 atom stereocenters. The van der Waals surface area contributed by atoms with E-state index in [4.69, 9.17) is 4.74 Å². The molecule has 1 amide bonds. The van der Waals surface area contributed by atoms with E-state index in [-0.39, 0.29) is 5.91 Å². The van der Waals surface area contributed by atoms with Crippen LogP contribution in [0.1, 0.15) is 26.2 Å². The summed E-state index contributed by atoms with van der Waals surface area (Å²) < 4.78 is 5.22. The molecule has 1 aliphatic heterocycles. The van der Waals surface area contributed by atoms with E-state index in [0.717, 1.165) is 45.7 Å². The van der Waals surface area contributed by atoms with Gasteiger partial charge in [-0.25, -0.2) is 0 Å². The Bertz CT molecular complexity index is 179. The van der Waals surface area contributed by atoms with Gasteiger partial charge in [0.25, 0.3) is 0 Å². The molecule has 4 heteroatoms. The second kappa shape index (κ2) is 7.65. The molecule has 0 saturated carbocycles. The summed E-state index contributed by atoms with van der Waals surface area (Å²) in [5.74, 6) is 0.595. The molecule has 88 valence electrons. The minimum Gasteiger partial charge on any atom is -0.381 e. The van der Waals surface area contributed by atoms with Crippen molar-refractivity contribution in [3.8, 4) is 0 Å². The summed E-state index contributed by atoms with van der Waals surface area (Å²) in [5.41, 5.74) is 0. The molecule has 1 rings (SSSR count). The summed E-state index contributed by atoms with van der Waals surface area (Å²) in [6.07, 6.45) is 2.78. The van der Waals surface area contributed by atoms with Crippen molar-refractivity contribution in [3.63, 3.8) is 0 Å². The number of nitrogens with one attached hydrogen (secondary N) is 2. The fourth-order valence-corrected chi connectivity index (χ4v) is 1.67. The van der Waals surface area contributed by atoms with Gasteiger partial charge in [-0.3, -0.25) is 4.79 Å². The second-order valence-corrected chi connectivity index (χ2v) is 4.03. The van der Waals surface area contributed by atoms with Crippen LogP contribution in [0.2, 0.25) is 0 Å². The molecule has 0 aliphatic carbocycles. The summed E-state index contributed by atoms with van der Waals surface area (Å²) >= 11 is 0. The zero-order valence-electron chi connectivity index (χ0n) is 9.55. The summed E-state index contributed by atoms with van der Waals surface area (Å²) in [6.45, 7) is 6.31. The van der Waals surface area contributed by atoms with Gasteiger partial charge >= 0.3 is 0 Å². The molecule has 0 radical (unpaired) electrons. The third kappa shape index (κ3) is 5.74. The molecule has 0 aromatic rings. The Morgan fingerprint density at radius 2 is 2.27 bits per heavy atom. The number of hydrogen-bond acceptors (Lipinski definition) is 3. The van der Waals surface area contributed by atoms with Gasteiger partial charge in [-0.05, 0) is 25.3 Å². The number of ether oxygens (including phenoxy) is 1. The van der Waals surface area contributed by atoms with Crippen LogP contribution in [0.4, 0.5) is 0 Å². The summed E-state index contributed by atoms with van der Waals surface area (Å²) in [7, 11) is 0. The van der Waals surface area contributed by atoms with Crippen LogP contribution in [0.15, 0.2) is 0 Å². The molecule has 0 bridgehead atoms. The maximum Gasteiger partial charge on any atom is 0.220 e. The highest BCUT2D eigenvalue weighted by Crippen LogP contribution is 2.15. The highest BCUT2D eigenvalue weighted by atomic mass is 16.5. The lowest BCUT2D eigenvalue weighted by atomic mass is 10.1. The number of hydrogen-bond donors (Lipinski definition) is 2. The van der Waals surface area contributed by atoms with Gasteiger partial charge in [0.05, 0.1) is 0 Å². The van der Waals surface area contributed by atoms with Crippen LogP contribution in [0.5, 0.6) is 0 Å². The maximum atomic E-state index is 11.4. The van der Waals surface area contributed by atoms with Gasteiger partial charge in [0.1, 0.15) is 0 Å². The van der Waals surface area contributed by atoms with Gasteiger partial charge in [0.2, 0.25) is 5.91 Å². The van der Waals surface area contributed by atoms with E-state index in [1.807, 2.05) is 0 Å². The number of carbonyl (C=O) groups is 1. The molecular weight excluding hydrogens is 192 g/mol. The maximum absolute atomic E-state index is 11.4. The van der Waals surface area contributed by atoms with Crippen LogP contribution in [-0.2, 0) is 9.53 Å². The summed E-state index contributed by atoms with van der Waals surface area (Å²) in [6, 6.07) is 0. The highest BCUT2D eigenvalue weighted by Gasteiger charge is 2.18. The molecule has 0 spiro atoms. The molecule has 4 nitrogen and oxygen atoms in total. The molecule has 1 aliphatic rings. The van der Waals surface area contributed by atoms with Crippen LogP contribution in [-0.4, -0.2) is 38.8 Å². The Morgan fingerprint density at radius 3 is 2.93 bits per heavy atom. The Labute approximate surface area is 91.8 Å². The van der Waals surface area contributed by atoms with E-state index in [0.29, 0.717) is 12.3 Å². The Kier molecular flexibility index (Phi) is 6.36. The van der Waals surface area contributed by atoms with Crippen molar-refractivity contribution in [2.45, 2.75) is 26.2 Å². The monoisotopic (exact) mass is 214 g/mol. The predicted molar refractivity (Wildman–Crippen MR) is 59.7 cm³/mol. The van der Waals surface area contributed by atoms with Crippen LogP contribution in [0.3, 0.4) is 0 Å². The first kappa shape index (κ1) is 12.5. The zero-order valence-corrected chi connectivity index (χ0v) is 9.55. The largest absolute Gasteiger partial charge is 0.381 e. The summed E-state index contributed by atoms with van der Waals surface area (Å²) in [5, 5.41) is 6.16. The van der Waals surface area contributed by atoms with Gasteiger partial charge in [-0.2, -0.15) is 0 Å². The van der Waals surface area contributed by atoms with Gasteiger partial charge in [0.15, 0.2) is 0 Å². The normalized spacial score (nSPS) is 20.5. The lowest BCUT2D eigenvalue weighted by molar-refractivity contribution is -0.122. The minimum atomic E-state index is 0.156. The molecule has 1 heterocycles. The Balaban J connectivity index is 1.93. The molecule has 2 N–H and O–H groups in total. The minimum absolute atomic E-state index is 0.156. The van der Waals surface area contributed by atoms with Crippen molar-refractivity contribution in [1.29, 1.82) is 0 Å². The SMILES string of the molecule is CCCNCCNC(=O)CC1CCOC1. The number of rotatable bonds is 7. The van der Waals surface area contributed by atoms with Crippen LogP contribution in [0, 0.1) is 5.92 Å². The first-order valence-corrected chi connectivity index (χ1v) is 5.88. The van der Waals surface area contributed by atoms with Gasteiger partial charge in [-0.15, -0.1) is 0 Å². The molecule has 1 unspecified atom stereocenters. The third-order valence-corrected chi connectivity index (χ3v) is 2.55. The van der Waals surface area contributed by atoms with E-state index >= 15 is 0 Å². The van der Waals surface area contributed by atoms with Crippen LogP contribution >= 0.6 is 0 Å². The fourth-order valence-electron chi connectivity index (χ4n) is 1.67. The van der Waals surface area contributed by atoms with Crippen molar-refractivity contribution in [2.75, 3.05) is 32.8 Å². The number of carbonyl (C=O) groups excluding carboxylic acids is 1. The molecule has 15 heavy (non-hydrogen) atoms. The van der Waals surface area contributed by atoms with E-state index in [2.05, 4.69) is 17.6 Å². The second-order valence-electron chi connectivity index (χ2n) is 4.03. The van der Waals surface area contributed by atoms with E-state index in [1.54, 1.807) is 0 Å². The summed E-state index contributed by atoms with van der Waals surface area (Å²) in [4.78, 5) is 11.4. The van der Waals surface area contributed by atoms with Crippen LogP contribution in [0.25, 0.3) is 0 Å². The highest BCUT2D eigenvalue weighted by molar-refractivity contribution is 5.76. The number of amides is 1. The molecule has 0 aromatic heterocycles. The first-order chi connectivity index (χ1) is 7.33. The van der Waals surface area contributed by atoms with Crippen molar-refractivity contribution >= 4 is 5.91 Å². The van der Waals surface area contributed by atoms with E-state index in [1.165, 1.54) is 0 Å². The predicted octanol–water partition coefficient (Wildman–Crippen LogP) is 0.529. The van der Waals surface area contributed by atoms with Crippen molar-refractivity contribution in [3.05, 3.63) is 0 Å². The lowest BCUT2D eigenvalue weighted by Crippen LogP contribution is -2.33. The van der Waals surface area contributed by atoms with Gasteiger partial charge < -0.3 is 15.4 Å². The molecule has 1 saturated heterocycles. The quantitative estimate of drug-likeness (QED) is 0.608. The lowest BCUT2D eigenvalue weighted by Gasteiger charge is -2.08. The van der Waals surface area contributed by atoms with Gasteiger partial charge in [0, 0.05) is 32.7 Å². The van der Waals surface area contributed by atoms with Gasteiger partial charge in [-0.1, -0.05) is 6.92 Å². The average molecular weight is 214 g/mol. The zero-order chi connectivity index (χ0) is 10.9. The van der Waals surface area contributed by atoms with Crippen molar-refractivity contribution in [1.82, 2.24) is 10.6 Å². The fraction of sp³-hybridized carbons (Fsp3) is 0.909. The average Bonchev–Trinajstić information content (AvgIpc) is 2.70. The third-order valence-electron chi connectivity index (χ3n) is 2.55. The smallest absolute Gasteiger partial charge is 0.220 e. The standard InChI is InChI=1S/C11H22N2O2/c1-2-4-12-5-6-13-11(14)8-10-3-7-15-9-10/h10,12H,2-9H2,1H3,(H,13,14). The van der Waals surface area contributed by atoms with Crippen molar-refractivity contribution in [2.24, 2.45) is 5.92 Å². The Morgan fingerprint density at radius 1 is 1.40 bits per heavy atom. The molecule has 0 aromatic carbocycles. The Hall–Kier alpha value is -0.610. The first-order valence-electron chi connectivity index (χ1n) is 5.88. The topological polar surface area (TPSA) is 50.4 Å². The van der Waals surface area contributed by atoms with Crippen molar-refractivity contribution < 1.29 is 9.53 Å².